The van der Waals surface area contributed by atoms with Crippen molar-refractivity contribution in [3.8, 4) is 11.5 Å². The number of amides is 1. The van der Waals surface area contributed by atoms with Crippen LogP contribution < -0.4 is 15.5 Å². The molecule has 0 saturated heterocycles. The van der Waals surface area contributed by atoms with E-state index in [0.29, 0.717) is 17.5 Å². The number of nitrogens with zero attached hydrogens (tertiary/aromatic N) is 1. The number of carbonyl (C=O) groups is 2. The second kappa shape index (κ2) is 16.8. The first-order chi connectivity index (χ1) is 28.2. The van der Waals surface area contributed by atoms with E-state index in [9.17, 15) is 34.8 Å². The normalized spacial score (nSPS) is 30.1. The summed E-state index contributed by atoms with van der Waals surface area (Å²) >= 11 is 0. The molecule has 9 atom stereocenters. The average molecular weight is 827 g/mol. The number of carbonyl (C=O) groups excluding carboxylic acids is 2. The van der Waals surface area contributed by atoms with Crippen molar-refractivity contribution in [3.05, 3.63) is 80.2 Å². The van der Waals surface area contributed by atoms with Gasteiger partial charge in [0.2, 0.25) is 0 Å². The zero-order valence-electron chi connectivity index (χ0n) is 36.5. The molecule has 1 amide bonds. The van der Waals surface area contributed by atoms with Crippen LogP contribution in [0.25, 0.3) is 33.0 Å². The number of ether oxygens (including phenoxy) is 3. The maximum Gasteiger partial charge on any atom is 0.312 e. The Labute approximate surface area is 349 Å². The molecule has 0 fully saturated rings. The number of aromatic nitrogens is 1. The number of rotatable bonds is 3. The van der Waals surface area contributed by atoms with Gasteiger partial charge in [-0.2, -0.15) is 0 Å². The maximum absolute atomic E-state index is 14.7. The number of anilines is 1. The van der Waals surface area contributed by atoms with Crippen LogP contribution in [0.1, 0.15) is 101 Å². The summed E-state index contributed by atoms with van der Waals surface area (Å²) in [6.45, 7) is 19.5. The van der Waals surface area contributed by atoms with Gasteiger partial charge in [0.1, 0.15) is 22.5 Å². The Kier molecular flexibility index (Phi) is 12.4. The Morgan fingerprint density at radius 2 is 1.58 bits per heavy atom. The Balaban J connectivity index is 1.65. The van der Waals surface area contributed by atoms with E-state index in [1.807, 2.05) is 19.9 Å². The standard InChI is InChI=1S/C47H58N2O11/c1-13-28-31(20(2)3)23(6)19-29-43(28)59-44-35(48-29)32-33-40(53)27(10)42-34(32)45(55)47(11,60-42)58-18-17-30(57-12)24(7)38(51)26(9)39(52)25(8)37(50)21(4)15-14-16-22(5)46(56)49-36(44)41(33)54/h14-21,24-26,30,37-39,50-52,54H,13H2,1-12H3,(H,49,56)/b15-14+,18-17+,22-16-/t21-,24+,25+,26-,30-,37-,38+,39+,47-/m0/s1. The van der Waals surface area contributed by atoms with Crippen LogP contribution in [0.3, 0.4) is 0 Å². The van der Waals surface area contributed by atoms with Gasteiger partial charge in [-0.3, -0.25) is 14.4 Å². The number of benzene rings is 3. The number of aromatic hydroxyl groups is 1. The number of ketones is 1. The number of phenols is 1. The summed E-state index contributed by atoms with van der Waals surface area (Å²) < 4.78 is 24.7. The lowest BCUT2D eigenvalue weighted by Gasteiger charge is -2.36. The van der Waals surface area contributed by atoms with Crippen LogP contribution >= 0.6 is 0 Å². The van der Waals surface area contributed by atoms with Crippen LogP contribution in [0.5, 0.6) is 11.5 Å². The van der Waals surface area contributed by atoms with Crippen molar-refractivity contribution < 1.29 is 48.6 Å². The summed E-state index contributed by atoms with van der Waals surface area (Å²) in [5, 5.41) is 48.6. The summed E-state index contributed by atoms with van der Waals surface area (Å²) in [6, 6.07) is 1.88. The Morgan fingerprint density at radius 1 is 0.933 bits per heavy atom. The molecule has 13 heteroatoms. The number of Topliss-reactive ketones (excluding diaryl/α,β-unsaturated/α-hetero) is 1. The molecule has 60 heavy (non-hydrogen) atoms. The smallest absolute Gasteiger partial charge is 0.312 e. The average Bonchev–Trinajstić information content (AvgIpc) is 3.48. The summed E-state index contributed by atoms with van der Waals surface area (Å²) in [5.41, 5.74) is 3.11. The zero-order valence-corrected chi connectivity index (χ0v) is 36.5. The molecule has 5 N–H and O–H groups in total. The summed E-state index contributed by atoms with van der Waals surface area (Å²) in [7, 11) is 1.45. The largest absolute Gasteiger partial charge is 0.505 e. The minimum atomic E-state index is -2.00. The third kappa shape index (κ3) is 7.39. The fraction of sp³-hybridized carbons (Fsp3) is 0.489. The number of allylic oxidation sites excluding steroid dienone is 2. The van der Waals surface area contributed by atoms with E-state index in [2.05, 4.69) is 19.2 Å². The second-order valence-corrected chi connectivity index (χ2v) is 17.1. The van der Waals surface area contributed by atoms with E-state index in [1.165, 1.54) is 39.4 Å². The fourth-order valence-electron chi connectivity index (χ4n) is 8.93. The van der Waals surface area contributed by atoms with Gasteiger partial charge in [0.05, 0.1) is 41.6 Å². The maximum atomic E-state index is 14.7. The van der Waals surface area contributed by atoms with Crippen molar-refractivity contribution in [2.24, 2.45) is 23.7 Å². The van der Waals surface area contributed by atoms with E-state index in [-0.39, 0.29) is 55.9 Å². The van der Waals surface area contributed by atoms with E-state index in [1.54, 1.807) is 46.8 Å². The van der Waals surface area contributed by atoms with E-state index >= 15 is 0 Å². The Hall–Kier alpha value is -5.08. The topological polar surface area (TPSA) is 198 Å². The van der Waals surface area contributed by atoms with Gasteiger partial charge >= 0.3 is 5.79 Å². The van der Waals surface area contributed by atoms with Crippen molar-refractivity contribution in [2.45, 2.75) is 119 Å². The number of methoxy groups -OCH3 is 1. The molecule has 0 saturated carbocycles. The molecule has 0 unspecified atom stereocenters. The van der Waals surface area contributed by atoms with Crippen LogP contribution in [-0.4, -0.2) is 74.4 Å². The molecule has 5 bridgehead atoms. The second-order valence-electron chi connectivity index (χ2n) is 17.1. The predicted octanol–water partition coefficient (Wildman–Crippen LogP) is 7.42. The molecule has 0 aliphatic carbocycles. The summed E-state index contributed by atoms with van der Waals surface area (Å²) in [4.78, 5) is 48.0. The molecule has 13 nitrogen and oxygen atoms in total. The molecule has 0 spiro atoms. The third-order valence-corrected chi connectivity index (χ3v) is 12.6. The monoisotopic (exact) mass is 826 g/mol. The first kappa shape index (κ1) is 44.5. The van der Waals surface area contributed by atoms with Crippen molar-refractivity contribution in [2.75, 3.05) is 12.4 Å². The quantitative estimate of drug-likeness (QED) is 0.0780. The highest BCUT2D eigenvalue weighted by Crippen LogP contribution is 2.49. The predicted molar refractivity (Wildman–Crippen MR) is 230 cm³/mol. The number of phenolic OH excluding ortho intramolecular Hbond substituents is 1. The molecule has 3 aromatic carbocycles. The van der Waals surface area contributed by atoms with Crippen molar-refractivity contribution in [1.82, 2.24) is 4.98 Å². The molecule has 6 rings (SSSR count). The number of nitrogens with one attached hydrogen (secondary N) is 1. The molecule has 4 aromatic rings. The van der Waals surface area contributed by atoms with Crippen LogP contribution in [0, 0.1) is 37.5 Å². The number of fused-ring (bicyclic) bond motifs is 5. The van der Waals surface area contributed by atoms with E-state index in [4.69, 9.17) is 23.6 Å². The highest BCUT2D eigenvalue weighted by molar-refractivity contribution is 6.26. The molecular weight excluding hydrogens is 769 g/mol. The van der Waals surface area contributed by atoms with Gasteiger partial charge in [-0.05, 0) is 56.4 Å². The molecular formula is C47H58N2O11. The summed E-state index contributed by atoms with van der Waals surface area (Å²) in [5.74, 6) is -6.24. The number of hydrogen-bond acceptors (Lipinski definition) is 12. The first-order valence-electron chi connectivity index (χ1n) is 20.6. The number of hydrogen-bond donors (Lipinski definition) is 5. The molecule has 2 aliphatic heterocycles. The minimum absolute atomic E-state index is 0.0211. The number of aryl methyl sites for hydroxylation is 2. The van der Waals surface area contributed by atoms with E-state index < -0.39 is 76.7 Å². The van der Waals surface area contributed by atoms with Crippen molar-refractivity contribution in [1.29, 1.82) is 0 Å². The van der Waals surface area contributed by atoms with Gasteiger partial charge in [0.15, 0.2) is 22.3 Å². The van der Waals surface area contributed by atoms with Gasteiger partial charge in [0.25, 0.3) is 11.7 Å². The molecule has 2 aliphatic rings. The molecule has 3 heterocycles. The van der Waals surface area contributed by atoms with Gasteiger partial charge in [0, 0.05) is 59.8 Å². The lowest BCUT2D eigenvalue weighted by atomic mass is 9.78. The van der Waals surface area contributed by atoms with Gasteiger partial charge in [-0.25, -0.2) is 4.98 Å². The summed E-state index contributed by atoms with van der Waals surface area (Å²) in [6.07, 6.45) is 4.22. The lowest BCUT2D eigenvalue weighted by molar-refractivity contribution is -0.112. The molecule has 322 valence electrons. The molecule has 1 aromatic heterocycles. The van der Waals surface area contributed by atoms with Crippen LogP contribution in [0.4, 0.5) is 5.69 Å². The van der Waals surface area contributed by atoms with Crippen LogP contribution in [-0.2, 0) is 20.7 Å². The first-order valence-corrected chi connectivity index (χ1v) is 20.6. The highest BCUT2D eigenvalue weighted by atomic mass is 16.7. The van der Waals surface area contributed by atoms with Gasteiger partial charge in [-0.15, -0.1) is 0 Å². The minimum Gasteiger partial charge on any atom is -0.505 e. The van der Waals surface area contributed by atoms with Crippen molar-refractivity contribution >= 4 is 50.3 Å². The SMILES string of the molecule is CCc1c(C(C)C)c(C)cc2nc3c(oc12)c1c(O)c2c(=O)c(C)c4c(c23)C(=O)[C@@](C)(O/C=C/[C@H](OC)[C@@H](C)[C@@H](O)[C@H](C)[C@H](O)[C@H](C)[C@@H](O)[C@@H](C)/C=C/C=C(/C)C(=O)N1)O4. The van der Waals surface area contributed by atoms with E-state index in [0.717, 1.165) is 16.7 Å². The zero-order chi connectivity index (χ0) is 44.3. The lowest BCUT2D eigenvalue weighted by Crippen LogP contribution is -2.44. The van der Waals surface area contributed by atoms with Crippen LogP contribution in [0.15, 0.2) is 51.4 Å². The number of aliphatic hydroxyl groups is 3. The third-order valence-electron chi connectivity index (χ3n) is 12.6. The number of aliphatic hydroxyl groups excluding tert-OH is 3. The van der Waals surface area contributed by atoms with Crippen molar-refractivity contribution in [3.63, 3.8) is 0 Å². The molecule has 0 radical (unpaired) electrons. The highest BCUT2D eigenvalue weighted by Gasteiger charge is 2.49. The van der Waals surface area contributed by atoms with Gasteiger partial charge < -0.3 is 44.4 Å². The Bertz CT molecular complexity index is 2530. The van der Waals surface area contributed by atoms with Gasteiger partial charge in [-0.1, -0.05) is 66.7 Å². The Morgan fingerprint density at radius 3 is 2.22 bits per heavy atom. The fourth-order valence-corrected chi connectivity index (χ4v) is 8.93. The van der Waals surface area contributed by atoms with Crippen LogP contribution in [0.2, 0.25) is 0 Å².